The largest absolute Gasteiger partial charge is 0.364 e. The Labute approximate surface area is 166 Å². The monoisotopic (exact) mass is 408 g/mol. The molecule has 1 aliphatic carbocycles. The van der Waals surface area contributed by atoms with Gasteiger partial charge in [-0.2, -0.15) is 4.98 Å². The summed E-state index contributed by atoms with van der Waals surface area (Å²) < 4.78 is 14.0. The Hall–Kier alpha value is -2.52. The predicted octanol–water partition coefficient (Wildman–Crippen LogP) is 3.72. The Bertz CT molecular complexity index is 845. The number of nitrogens with two attached hydrogens (primary N) is 1. The lowest BCUT2D eigenvalue weighted by molar-refractivity contribution is -0.384. The van der Waals surface area contributed by atoms with Gasteiger partial charge in [-0.05, 0) is 37.7 Å². The maximum Gasteiger partial charge on any atom is 0.329 e. The van der Waals surface area contributed by atoms with E-state index in [0.717, 1.165) is 31.9 Å². The third kappa shape index (κ3) is 5.05. The number of hydrogen-bond acceptors (Lipinski definition) is 7. The molecule has 0 spiro atoms. The second kappa shape index (κ2) is 9.11. The van der Waals surface area contributed by atoms with Crippen LogP contribution in [0.2, 0.25) is 5.02 Å². The molecule has 0 unspecified atom stereocenters. The van der Waals surface area contributed by atoms with Crippen LogP contribution in [0.25, 0.3) is 0 Å². The normalized spacial score (nSPS) is 19.2. The van der Waals surface area contributed by atoms with Gasteiger partial charge in [-0.25, -0.2) is 9.37 Å². The molecule has 0 radical (unpaired) electrons. The van der Waals surface area contributed by atoms with Crippen LogP contribution in [0.3, 0.4) is 0 Å². The lowest BCUT2D eigenvalue weighted by Gasteiger charge is -2.26. The van der Waals surface area contributed by atoms with Gasteiger partial charge in [-0.3, -0.25) is 10.1 Å². The first kappa shape index (κ1) is 20.2. The van der Waals surface area contributed by atoms with Crippen LogP contribution in [0.1, 0.15) is 31.2 Å². The van der Waals surface area contributed by atoms with E-state index in [4.69, 9.17) is 17.3 Å². The highest BCUT2D eigenvalue weighted by atomic mass is 35.5. The van der Waals surface area contributed by atoms with Gasteiger partial charge in [0.25, 0.3) is 0 Å². The zero-order valence-electron chi connectivity index (χ0n) is 15.2. The SMILES string of the molecule is N[C@H]1CC[C@H](CNc2nc(NCc3cccc(Cl)c3F)ncc2[N+](=O)[O-])CC1. The first-order valence-electron chi connectivity index (χ1n) is 9.11. The van der Waals surface area contributed by atoms with Crippen LogP contribution in [0, 0.1) is 21.8 Å². The number of anilines is 2. The van der Waals surface area contributed by atoms with Crippen molar-refractivity contribution in [3.63, 3.8) is 0 Å². The van der Waals surface area contributed by atoms with Crippen molar-refractivity contribution in [3.05, 3.63) is 50.9 Å². The molecule has 4 N–H and O–H groups in total. The van der Waals surface area contributed by atoms with E-state index in [2.05, 4.69) is 20.6 Å². The van der Waals surface area contributed by atoms with E-state index in [1.54, 1.807) is 12.1 Å². The summed E-state index contributed by atoms with van der Waals surface area (Å²) in [7, 11) is 0. The maximum absolute atomic E-state index is 14.0. The highest BCUT2D eigenvalue weighted by Crippen LogP contribution is 2.27. The molecular weight excluding hydrogens is 387 g/mol. The van der Waals surface area contributed by atoms with E-state index in [1.165, 1.54) is 6.07 Å². The molecule has 2 aromatic rings. The summed E-state index contributed by atoms with van der Waals surface area (Å²) in [5, 5.41) is 17.2. The molecule has 28 heavy (non-hydrogen) atoms. The summed E-state index contributed by atoms with van der Waals surface area (Å²) in [6.45, 7) is 0.678. The van der Waals surface area contributed by atoms with Gasteiger partial charge in [0.2, 0.25) is 11.8 Å². The zero-order chi connectivity index (χ0) is 20.1. The van der Waals surface area contributed by atoms with Gasteiger partial charge in [0, 0.05) is 24.7 Å². The Kier molecular flexibility index (Phi) is 6.58. The number of nitrogens with zero attached hydrogens (tertiary/aromatic N) is 3. The van der Waals surface area contributed by atoms with Crippen LogP contribution in [-0.2, 0) is 6.54 Å². The summed E-state index contributed by atoms with van der Waals surface area (Å²) in [6.07, 6.45) is 5.01. The number of halogens is 2. The molecule has 1 fully saturated rings. The maximum atomic E-state index is 14.0. The standard InChI is InChI=1S/C18H22ClFN6O2/c19-14-3-1-2-12(16(14)20)9-23-18-24-10-15(26(27)28)17(25-18)22-8-11-4-6-13(21)7-5-11/h1-3,10-11,13H,4-9,21H2,(H2,22,23,24,25)/t11-,13-. The fourth-order valence-corrected chi connectivity index (χ4v) is 3.41. The Balaban J connectivity index is 1.68. The van der Waals surface area contributed by atoms with Crippen LogP contribution in [0.15, 0.2) is 24.4 Å². The molecule has 0 saturated heterocycles. The molecule has 8 nitrogen and oxygen atoms in total. The Morgan fingerprint density at radius 3 is 2.75 bits per heavy atom. The van der Waals surface area contributed by atoms with Crippen LogP contribution >= 0.6 is 11.6 Å². The molecule has 0 bridgehead atoms. The van der Waals surface area contributed by atoms with E-state index in [0.29, 0.717) is 18.0 Å². The number of nitro groups is 1. The summed E-state index contributed by atoms with van der Waals surface area (Å²) in [6, 6.07) is 4.94. The van der Waals surface area contributed by atoms with Crippen molar-refractivity contribution in [1.29, 1.82) is 0 Å². The lowest BCUT2D eigenvalue weighted by atomic mass is 9.86. The molecule has 0 amide bonds. The average molecular weight is 409 g/mol. The van der Waals surface area contributed by atoms with Crippen LogP contribution < -0.4 is 16.4 Å². The third-order valence-corrected chi connectivity index (χ3v) is 5.18. The summed E-state index contributed by atoms with van der Waals surface area (Å²) in [5.74, 6) is 0.181. The minimum atomic E-state index is -0.528. The third-order valence-electron chi connectivity index (χ3n) is 4.88. The van der Waals surface area contributed by atoms with Gasteiger partial charge in [0.1, 0.15) is 12.0 Å². The molecule has 1 aliphatic rings. The predicted molar refractivity (Wildman–Crippen MR) is 106 cm³/mol. The van der Waals surface area contributed by atoms with Crippen molar-refractivity contribution >= 4 is 29.1 Å². The number of benzene rings is 1. The molecule has 10 heteroatoms. The minimum Gasteiger partial charge on any atom is -0.364 e. The topological polar surface area (TPSA) is 119 Å². The molecule has 150 valence electrons. The second-order valence-electron chi connectivity index (χ2n) is 6.91. The molecule has 0 atom stereocenters. The molecule has 3 rings (SSSR count). The molecule has 1 heterocycles. The van der Waals surface area contributed by atoms with Gasteiger partial charge < -0.3 is 16.4 Å². The highest BCUT2D eigenvalue weighted by Gasteiger charge is 2.22. The van der Waals surface area contributed by atoms with Crippen molar-refractivity contribution in [1.82, 2.24) is 9.97 Å². The molecule has 1 saturated carbocycles. The van der Waals surface area contributed by atoms with Crippen LogP contribution in [0.4, 0.5) is 21.8 Å². The van der Waals surface area contributed by atoms with Crippen molar-refractivity contribution in [2.75, 3.05) is 17.2 Å². The van der Waals surface area contributed by atoms with Crippen molar-refractivity contribution in [2.45, 2.75) is 38.3 Å². The summed E-state index contributed by atoms with van der Waals surface area (Å²) in [4.78, 5) is 18.9. The molecule has 1 aromatic heterocycles. The van der Waals surface area contributed by atoms with Crippen molar-refractivity contribution in [2.24, 2.45) is 11.7 Å². The van der Waals surface area contributed by atoms with E-state index in [-0.39, 0.29) is 35.1 Å². The van der Waals surface area contributed by atoms with E-state index in [9.17, 15) is 14.5 Å². The van der Waals surface area contributed by atoms with Gasteiger partial charge in [-0.15, -0.1) is 0 Å². The number of nitrogens with one attached hydrogen (secondary N) is 2. The quantitative estimate of drug-likeness (QED) is 0.471. The summed E-state index contributed by atoms with van der Waals surface area (Å²) >= 11 is 5.77. The van der Waals surface area contributed by atoms with Gasteiger partial charge >= 0.3 is 5.69 Å². The Morgan fingerprint density at radius 2 is 2.04 bits per heavy atom. The summed E-state index contributed by atoms with van der Waals surface area (Å²) in [5.41, 5.74) is 6.06. The van der Waals surface area contributed by atoms with Gasteiger partial charge in [0.15, 0.2) is 0 Å². The van der Waals surface area contributed by atoms with E-state index >= 15 is 0 Å². The Morgan fingerprint density at radius 1 is 1.29 bits per heavy atom. The van der Waals surface area contributed by atoms with Crippen molar-refractivity contribution < 1.29 is 9.31 Å². The fourth-order valence-electron chi connectivity index (χ4n) is 3.22. The second-order valence-corrected chi connectivity index (χ2v) is 7.32. The minimum absolute atomic E-state index is 0.0264. The molecular formula is C18H22ClFN6O2. The van der Waals surface area contributed by atoms with Crippen LogP contribution in [0.5, 0.6) is 0 Å². The fraction of sp³-hybridized carbons (Fsp3) is 0.444. The number of rotatable bonds is 7. The highest BCUT2D eigenvalue weighted by molar-refractivity contribution is 6.30. The smallest absolute Gasteiger partial charge is 0.329 e. The zero-order valence-corrected chi connectivity index (χ0v) is 16.0. The van der Waals surface area contributed by atoms with Crippen LogP contribution in [-0.4, -0.2) is 27.5 Å². The lowest BCUT2D eigenvalue weighted by Crippen LogP contribution is -2.29. The molecule has 1 aromatic carbocycles. The van der Waals surface area contributed by atoms with E-state index < -0.39 is 10.7 Å². The first-order valence-corrected chi connectivity index (χ1v) is 9.49. The average Bonchev–Trinajstić information content (AvgIpc) is 2.68. The van der Waals surface area contributed by atoms with Gasteiger partial charge in [-0.1, -0.05) is 23.7 Å². The van der Waals surface area contributed by atoms with E-state index in [1.807, 2.05) is 0 Å². The number of hydrogen-bond donors (Lipinski definition) is 3. The van der Waals surface area contributed by atoms with Crippen molar-refractivity contribution in [3.8, 4) is 0 Å². The first-order chi connectivity index (χ1) is 13.4. The molecule has 0 aliphatic heterocycles. The van der Waals surface area contributed by atoms with Gasteiger partial charge in [0.05, 0.1) is 9.95 Å². The number of aromatic nitrogens is 2.